The van der Waals surface area contributed by atoms with Crippen LogP contribution in [0.5, 0.6) is 0 Å². The van der Waals surface area contributed by atoms with Crippen LogP contribution >= 0.6 is 0 Å². The lowest BCUT2D eigenvalue weighted by Crippen LogP contribution is -2.45. The molecule has 0 saturated carbocycles. The van der Waals surface area contributed by atoms with Crippen molar-refractivity contribution in [1.82, 2.24) is 14.9 Å². The molecule has 4 rings (SSSR count). The average molecular weight is 377 g/mol. The van der Waals surface area contributed by atoms with E-state index in [4.69, 9.17) is 5.73 Å². The van der Waals surface area contributed by atoms with Crippen molar-refractivity contribution in [3.8, 4) is 0 Å². The molecule has 3 aromatic rings. The average Bonchev–Trinajstić information content (AvgIpc) is 3.14. The highest BCUT2D eigenvalue weighted by Gasteiger charge is 2.32. The number of aromatic amines is 1. The Morgan fingerprint density at radius 2 is 2.04 bits per heavy atom. The number of hydrogen-bond acceptors (Lipinski definition) is 4. The van der Waals surface area contributed by atoms with Gasteiger partial charge in [-0.3, -0.25) is 4.90 Å². The molecule has 0 bridgehead atoms. The van der Waals surface area contributed by atoms with E-state index in [0.29, 0.717) is 25.2 Å². The van der Waals surface area contributed by atoms with Gasteiger partial charge in [0.1, 0.15) is 0 Å². The van der Waals surface area contributed by atoms with Gasteiger partial charge in [0.25, 0.3) is 0 Å². The lowest BCUT2D eigenvalue weighted by Gasteiger charge is -2.31. The first kappa shape index (κ1) is 17.9. The maximum Gasteiger partial charge on any atom is 0.407 e. The number of nitrogens with one attached hydrogen (secondary N) is 1. The molecule has 1 unspecified atom stereocenters. The lowest BCUT2D eigenvalue weighted by molar-refractivity contribution is 0.123. The summed E-state index contributed by atoms with van der Waals surface area (Å²) in [7, 11) is 0. The summed E-state index contributed by atoms with van der Waals surface area (Å²) < 4.78 is 0. The fraction of sp³-hybridized carbons (Fsp3) is 0.238. The number of rotatable bonds is 4. The molecule has 1 aliphatic heterocycles. The van der Waals surface area contributed by atoms with Gasteiger partial charge >= 0.3 is 6.09 Å². The van der Waals surface area contributed by atoms with E-state index in [2.05, 4.69) is 14.9 Å². The fourth-order valence-electron chi connectivity index (χ4n) is 3.82. The molecule has 4 N–H and O–H groups in total. The van der Waals surface area contributed by atoms with Crippen molar-refractivity contribution in [1.29, 1.82) is 0 Å². The van der Waals surface area contributed by atoms with Crippen LogP contribution in [0.15, 0.2) is 61.1 Å². The van der Waals surface area contributed by atoms with Gasteiger partial charge in [0, 0.05) is 29.7 Å². The first-order valence-electron chi connectivity index (χ1n) is 9.25. The third kappa shape index (κ3) is 3.64. The molecule has 2 aromatic carbocycles. The molecule has 1 aromatic heterocycles. The highest BCUT2D eigenvalue weighted by molar-refractivity contribution is 5.71. The zero-order valence-corrected chi connectivity index (χ0v) is 15.5. The van der Waals surface area contributed by atoms with Crippen LogP contribution in [0.1, 0.15) is 16.8 Å². The van der Waals surface area contributed by atoms with E-state index < -0.39 is 6.09 Å². The summed E-state index contributed by atoms with van der Waals surface area (Å²) in [4.78, 5) is 23.0. The molecule has 0 saturated heterocycles. The summed E-state index contributed by atoms with van der Waals surface area (Å²) in [6.07, 6.45) is 3.15. The minimum absolute atomic E-state index is 0.199. The number of nitrogens with zero attached hydrogens (tertiary/aromatic N) is 3. The smallest absolute Gasteiger partial charge is 0.407 e. The Labute approximate surface area is 163 Å². The van der Waals surface area contributed by atoms with Gasteiger partial charge in [-0.1, -0.05) is 36.4 Å². The van der Waals surface area contributed by atoms with E-state index >= 15 is 0 Å². The van der Waals surface area contributed by atoms with Crippen molar-refractivity contribution in [2.75, 3.05) is 17.2 Å². The molecule has 0 fully saturated rings. The molecule has 1 aliphatic rings. The quantitative estimate of drug-likeness (QED) is 0.607. The number of H-pyrrole nitrogens is 1. The number of nitrogens with two attached hydrogens (primary N) is 1. The van der Waals surface area contributed by atoms with Crippen LogP contribution in [0.4, 0.5) is 16.2 Å². The number of aromatic nitrogens is 2. The topological polar surface area (TPSA) is 98.5 Å². The molecule has 7 nitrogen and oxygen atoms in total. The fourth-order valence-corrected chi connectivity index (χ4v) is 3.82. The Hall–Kier alpha value is -3.48. The number of nitrogen functional groups attached to an aromatic ring is 1. The summed E-state index contributed by atoms with van der Waals surface area (Å²) in [6, 6.07) is 15.5. The molecule has 7 heteroatoms. The Bertz CT molecular complexity index is 943. The molecule has 0 radical (unpaired) electrons. The summed E-state index contributed by atoms with van der Waals surface area (Å²) in [5.74, 6) is 0. The maximum atomic E-state index is 12.1. The molecular formula is C21H23N5O2. The number of benzene rings is 2. The highest BCUT2D eigenvalue weighted by Crippen LogP contribution is 2.33. The largest absolute Gasteiger partial charge is 0.465 e. The monoisotopic (exact) mass is 377 g/mol. The molecule has 1 atom stereocenters. The summed E-state index contributed by atoms with van der Waals surface area (Å²) in [5, 5.41) is 9.92. The Kier molecular flexibility index (Phi) is 4.89. The van der Waals surface area contributed by atoms with Crippen LogP contribution in [-0.2, 0) is 19.5 Å². The third-order valence-corrected chi connectivity index (χ3v) is 5.20. The van der Waals surface area contributed by atoms with Gasteiger partial charge in [-0.15, -0.1) is 0 Å². The third-order valence-electron chi connectivity index (χ3n) is 5.20. The first-order chi connectivity index (χ1) is 13.6. The number of carbonyl (C=O) groups is 1. The second-order valence-corrected chi connectivity index (χ2v) is 7.06. The number of fused-ring (bicyclic) bond motifs is 1. The number of carboxylic acid groups (broad SMARTS) is 1. The van der Waals surface area contributed by atoms with E-state index in [-0.39, 0.29) is 12.6 Å². The Balaban J connectivity index is 1.72. The number of anilines is 2. The van der Waals surface area contributed by atoms with Crippen molar-refractivity contribution in [2.24, 2.45) is 0 Å². The molecule has 1 amide bonds. The molecule has 28 heavy (non-hydrogen) atoms. The second kappa shape index (κ2) is 7.64. The van der Waals surface area contributed by atoms with Crippen molar-refractivity contribution >= 4 is 17.5 Å². The van der Waals surface area contributed by atoms with Gasteiger partial charge in [0.2, 0.25) is 0 Å². The van der Waals surface area contributed by atoms with E-state index in [1.165, 1.54) is 4.90 Å². The maximum absolute atomic E-state index is 12.1. The molecular weight excluding hydrogens is 354 g/mol. The zero-order chi connectivity index (χ0) is 19.5. The summed E-state index contributed by atoms with van der Waals surface area (Å²) in [6.45, 7) is 1.44. The predicted molar refractivity (Wildman–Crippen MR) is 108 cm³/mol. The van der Waals surface area contributed by atoms with E-state index in [9.17, 15) is 9.90 Å². The van der Waals surface area contributed by atoms with Crippen LogP contribution in [-0.4, -0.2) is 38.7 Å². The zero-order valence-electron chi connectivity index (χ0n) is 15.5. The van der Waals surface area contributed by atoms with Crippen LogP contribution < -0.4 is 10.6 Å². The lowest BCUT2D eigenvalue weighted by atomic mass is 10.0. The van der Waals surface area contributed by atoms with Crippen molar-refractivity contribution in [3.05, 3.63) is 77.9 Å². The molecule has 0 aliphatic carbocycles. The first-order valence-corrected chi connectivity index (χ1v) is 9.25. The SMILES string of the molecule is Nc1cccc2c1CN(C(=O)O)C(Cc1ccccc1)CN2Cc1cnc[nH]1. The van der Waals surface area contributed by atoms with E-state index in [0.717, 1.165) is 22.5 Å². The predicted octanol–water partition coefficient (Wildman–Crippen LogP) is 3.10. The highest BCUT2D eigenvalue weighted by atomic mass is 16.4. The van der Waals surface area contributed by atoms with Gasteiger partial charge in [-0.05, 0) is 24.1 Å². The molecule has 144 valence electrons. The van der Waals surface area contributed by atoms with Gasteiger partial charge in [0.15, 0.2) is 0 Å². The minimum atomic E-state index is -0.932. The number of amides is 1. The van der Waals surface area contributed by atoms with Crippen molar-refractivity contribution in [3.63, 3.8) is 0 Å². The molecule has 2 heterocycles. The van der Waals surface area contributed by atoms with Crippen molar-refractivity contribution < 1.29 is 9.90 Å². The van der Waals surface area contributed by atoms with Gasteiger partial charge < -0.3 is 20.7 Å². The minimum Gasteiger partial charge on any atom is -0.465 e. The van der Waals surface area contributed by atoms with E-state index in [1.807, 2.05) is 48.5 Å². The Morgan fingerprint density at radius 1 is 1.21 bits per heavy atom. The number of hydrogen-bond donors (Lipinski definition) is 3. The van der Waals surface area contributed by atoms with Crippen LogP contribution in [0.2, 0.25) is 0 Å². The van der Waals surface area contributed by atoms with Gasteiger partial charge in [-0.2, -0.15) is 0 Å². The summed E-state index contributed by atoms with van der Waals surface area (Å²) >= 11 is 0. The van der Waals surface area contributed by atoms with Crippen LogP contribution in [0.25, 0.3) is 0 Å². The standard InChI is InChI=1S/C21H23N5O2/c22-19-7-4-8-20-18(19)13-26(21(27)28)17(9-15-5-2-1-3-6-15)12-25(20)11-16-10-23-14-24-16/h1-8,10,14,17H,9,11-13,22H2,(H,23,24)(H,27,28). The van der Waals surface area contributed by atoms with Gasteiger partial charge in [0.05, 0.1) is 31.2 Å². The van der Waals surface area contributed by atoms with Gasteiger partial charge in [-0.25, -0.2) is 9.78 Å². The van der Waals surface area contributed by atoms with Crippen LogP contribution in [0, 0.1) is 0 Å². The normalized spacial score (nSPS) is 16.5. The Morgan fingerprint density at radius 3 is 2.75 bits per heavy atom. The number of imidazole rings is 1. The second-order valence-electron chi connectivity index (χ2n) is 7.06. The van der Waals surface area contributed by atoms with Crippen molar-refractivity contribution in [2.45, 2.75) is 25.6 Å². The molecule has 0 spiro atoms. The van der Waals surface area contributed by atoms with E-state index in [1.54, 1.807) is 12.5 Å². The van der Waals surface area contributed by atoms with Crippen LogP contribution in [0.3, 0.4) is 0 Å². The summed E-state index contributed by atoms with van der Waals surface area (Å²) in [5.41, 5.74) is 10.7.